The number of pyridine rings is 1. The van der Waals surface area contributed by atoms with Crippen LogP contribution in [0.4, 0.5) is 13.2 Å². The van der Waals surface area contributed by atoms with Gasteiger partial charge in [0.25, 0.3) is 0 Å². The Morgan fingerprint density at radius 2 is 1.75 bits per heavy atom. The van der Waals surface area contributed by atoms with Gasteiger partial charge < -0.3 is 9.47 Å². The Bertz CT molecular complexity index is 573. The van der Waals surface area contributed by atoms with Crippen LogP contribution in [-0.4, -0.2) is 11.3 Å². The van der Waals surface area contributed by atoms with E-state index in [9.17, 15) is 13.2 Å². The van der Waals surface area contributed by atoms with Crippen molar-refractivity contribution in [3.63, 3.8) is 0 Å². The first-order valence-electron chi connectivity index (χ1n) is 5.52. The zero-order chi connectivity index (χ0) is 14.6. The van der Waals surface area contributed by atoms with E-state index in [0.717, 1.165) is 0 Å². The molecule has 1 aromatic heterocycles. The molecule has 0 bridgehead atoms. The topological polar surface area (TPSA) is 31.4 Å². The van der Waals surface area contributed by atoms with Gasteiger partial charge >= 0.3 is 6.36 Å². The van der Waals surface area contributed by atoms with Gasteiger partial charge in [-0.15, -0.1) is 13.2 Å². The van der Waals surface area contributed by atoms with E-state index < -0.39 is 6.36 Å². The van der Waals surface area contributed by atoms with Crippen molar-refractivity contribution in [2.24, 2.45) is 0 Å². The maximum atomic E-state index is 12.2. The molecule has 2 aromatic rings. The van der Waals surface area contributed by atoms with Gasteiger partial charge in [-0.05, 0) is 18.2 Å². The lowest BCUT2D eigenvalue weighted by Crippen LogP contribution is -2.17. The summed E-state index contributed by atoms with van der Waals surface area (Å²) < 4.78 is 45.9. The molecule has 0 saturated carbocycles. The summed E-state index contributed by atoms with van der Waals surface area (Å²) in [5.41, 5.74) is 0.677. The van der Waals surface area contributed by atoms with Gasteiger partial charge in [0.15, 0.2) is 11.5 Å². The van der Waals surface area contributed by atoms with E-state index >= 15 is 0 Å². The average Bonchev–Trinajstić information content (AvgIpc) is 2.38. The molecule has 0 radical (unpaired) electrons. The SMILES string of the molecule is FC(F)(F)Oc1ccccc1OCc1ccc(Cl)nc1. The normalized spacial score (nSPS) is 11.2. The molecule has 0 atom stereocenters. The summed E-state index contributed by atoms with van der Waals surface area (Å²) in [6.07, 6.45) is -3.28. The second-order valence-electron chi connectivity index (χ2n) is 3.77. The zero-order valence-corrected chi connectivity index (χ0v) is 10.8. The highest BCUT2D eigenvalue weighted by molar-refractivity contribution is 6.29. The fourth-order valence-electron chi connectivity index (χ4n) is 1.43. The number of hydrogen-bond acceptors (Lipinski definition) is 3. The molecule has 0 N–H and O–H groups in total. The summed E-state index contributed by atoms with van der Waals surface area (Å²) in [6, 6.07) is 8.80. The Kier molecular flexibility index (Phi) is 4.34. The summed E-state index contributed by atoms with van der Waals surface area (Å²) >= 11 is 5.63. The molecule has 0 saturated heterocycles. The molecule has 106 valence electrons. The van der Waals surface area contributed by atoms with Gasteiger partial charge in [0.2, 0.25) is 0 Å². The molecule has 0 aliphatic rings. The first kappa shape index (κ1) is 14.5. The first-order chi connectivity index (χ1) is 9.44. The summed E-state index contributed by atoms with van der Waals surface area (Å²) in [5, 5.41) is 0.328. The Morgan fingerprint density at radius 3 is 2.35 bits per heavy atom. The van der Waals surface area contributed by atoms with Crippen molar-refractivity contribution in [2.45, 2.75) is 13.0 Å². The number of aromatic nitrogens is 1. The molecule has 0 spiro atoms. The lowest BCUT2D eigenvalue weighted by Gasteiger charge is -2.13. The minimum atomic E-state index is -4.76. The molecular formula is C13H9ClF3NO2. The second kappa shape index (κ2) is 6.00. The number of para-hydroxylation sites is 2. The van der Waals surface area contributed by atoms with Crippen LogP contribution < -0.4 is 9.47 Å². The number of ether oxygens (including phenoxy) is 2. The number of nitrogens with zero attached hydrogens (tertiary/aromatic N) is 1. The monoisotopic (exact) mass is 303 g/mol. The van der Waals surface area contributed by atoms with Gasteiger partial charge in [-0.3, -0.25) is 0 Å². The smallest absolute Gasteiger partial charge is 0.485 e. The number of alkyl halides is 3. The van der Waals surface area contributed by atoms with E-state index in [4.69, 9.17) is 16.3 Å². The molecule has 20 heavy (non-hydrogen) atoms. The van der Waals surface area contributed by atoms with Crippen LogP contribution in [0.25, 0.3) is 0 Å². The van der Waals surface area contributed by atoms with Crippen LogP contribution in [-0.2, 0) is 6.61 Å². The largest absolute Gasteiger partial charge is 0.573 e. The molecule has 0 unspecified atom stereocenters. The molecular weight excluding hydrogens is 295 g/mol. The molecule has 3 nitrogen and oxygen atoms in total. The predicted molar refractivity (Wildman–Crippen MR) is 66.7 cm³/mol. The highest BCUT2D eigenvalue weighted by atomic mass is 35.5. The molecule has 2 rings (SSSR count). The van der Waals surface area contributed by atoms with Crippen molar-refractivity contribution in [3.05, 3.63) is 53.3 Å². The van der Waals surface area contributed by atoms with E-state index in [2.05, 4.69) is 9.72 Å². The Morgan fingerprint density at radius 1 is 1.05 bits per heavy atom. The molecule has 7 heteroatoms. The fourth-order valence-corrected chi connectivity index (χ4v) is 1.54. The number of rotatable bonds is 4. The standard InChI is InChI=1S/C13H9ClF3NO2/c14-12-6-5-9(7-18-12)8-19-10-3-1-2-4-11(10)20-13(15,16)17/h1-7H,8H2. The summed E-state index contributed by atoms with van der Waals surface area (Å²) in [5.74, 6) is -0.387. The predicted octanol–water partition coefficient (Wildman–Crippen LogP) is 4.21. The molecule has 0 fully saturated rings. The molecule has 1 aromatic carbocycles. The zero-order valence-electron chi connectivity index (χ0n) is 10.0. The highest BCUT2D eigenvalue weighted by Crippen LogP contribution is 2.32. The third-order valence-corrected chi connectivity index (χ3v) is 2.48. The first-order valence-corrected chi connectivity index (χ1v) is 5.90. The van der Waals surface area contributed by atoms with E-state index in [1.807, 2.05) is 0 Å². The lowest BCUT2D eigenvalue weighted by atomic mass is 10.3. The van der Waals surface area contributed by atoms with Crippen LogP contribution in [0.2, 0.25) is 5.15 Å². The van der Waals surface area contributed by atoms with Gasteiger partial charge in [0.1, 0.15) is 11.8 Å². The van der Waals surface area contributed by atoms with E-state index in [-0.39, 0.29) is 18.1 Å². The van der Waals surface area contributed by atoms with Crippen LogP contribution in [0.15, 0.2) is 42.6 Å². The van der Waals surface area contributed by atoms with E-state index in [1.54, 1.807) is 18.2 Å². The highest BCUT2D eigenvalue weighted by Gasteiger charge is 2.32. The van der Waals surface area contributed by atoms with Crippen molar-refractivity contribution in [1.82, 2.24) is 4.98 Å². The lowest BCUT2D eigenvalue weighted by molar-refractivity contribution is -0.275. The van der Waals surface area contributed by atoms with Gasteiger partial charge in [-0.25, -0.2) is 4.98 Å². The Labute approximate surface area is 117 Å². The molecule has 0 aliphatic carbocycles. The second-order valence-corrected chi connectivity index (χ2v) is 4.16. The maximum absolute atomic E-state index is 12.2. The quantitative estimate of drug-likeness (QED) is 0.793. The Hall–Kier alpha value is -1.95. The van der Waals surface area contributed by atoms with Crippen LogP contribution in [0, 0.1) is 0 Å². The van der Waals surface area contributed by atoms with Gasteiger partial charge in [-0.1, -0.05) is 29.8 Å². The fraction of sp³-hybridized carbons (Fsp3) is 0.154. The minimum absolute atomic E-state index is 0.000208. The molecule has 1 heterocycles. The van der Waals surface area contributed by atoms with Crippen molar-refractivity contribution < 1.29 is 22.6 Å². The van der Waals surface area contributed by atoms with E-state index in [0.29, 0.717) is 10.7 Å². The molecule has 0 amide bonds. The third kappa shape index (κ3) is 4.31. The molecule has 0 aliphatic heterocycles. The van der Waals surface area contributed by atoms with E-state index in [1.165, 1.54) is 24.4 Å². The van der Waals surface area contributed by atoms with Crippen molar-refractivity contribution in [1.29, 1.82) is 0 Å². The number of halogens is 4. The number of hydrogen-bond donors (Lipinski definition) is 0. The van der Waals surface area contributed by atoms with Crippen molar-refractivity contribution >= 4 is 11.6 Å². The maximum Gasteiger partial charge on any atom is 0.573 e. The number of benzene rings is 1. The summed E-state index contributed by atoms with van der Waals surface area (Å²) in [4.78, 5) is 3.85. The third-order valence-electron chi connectivity index (χ3n) is 2.26. The average molecular weight is 304 g/mol. The van der Waals surface area contributed by atoms with Gasteiger partial charge in [0, 0.05) is 11.8 Å². The van der Waals surface area contributed by atoms with Gasteiger partial charge in [-0.2, -0.15) is 0 Å². The van der Waals surface area contributed by atoms with Crippen LogP contribution in [0.3, 0.4) is 0 Å². The summed E-state index contributed by atoms with van der Waals surface area (Å²) in [7, 11) is 0. The van der Waals surface area contributed by atoms with Crippen molar-refractivity contribution in [3.8, 4) is 11.5 Å². The van der Waals surface area contributed by atoms with Crippen LogP contribution in [0.1, 0.15) is 5.56 Å². The summed E-state index contributed by atoms with van der Waals surface area (Å²) in [6.45, 7) is 0.0579. The van der Waals surface area contributed by atoms with Crippen LogP contribution in [0.5, 0.6) is 11.5 Å². The minimum Gasteiger partial charge on any atom is -0.485 e. The van der Waals surface area contributed by atoms with Crippen LogP contribution >= 0.6 is 11.6 Å². The Balaban J connectivity index is 2.07. The van der Waals surface area contributed by atoms with Gasteiger partial charge in [0.05, 0.1) is 0 Å². The van der Waals surface area contributed by atoms with Crippen molar-refractivity contribution in [2.75, 3.05) is 0 Å².